The first kappa shape index (κ1) is 9.99. The molecule has 0 aliphatic rings. The van der Waals surface area contributed by atoms with E-state index in [1.165, 1.54) is 6.20 Å². The van der Waals surface area contributed by atoms with Gasteiger partial charge in [0, 0.05) is 18.4 Å². The van der Waals surface area contributed by atoms with Crippen molar-refractivity contribution in [1.82, 2.24) is 10.3 Å². The molecule has 0 bridgehead atoms. The molecule has 3 nitrogen and oxygen atoms in total. The van der Waals surface area contributed by atoms with E-state index in [0.29, 0.717) is 17.1 Å². The summed E-state index contributed by atoms with van der Waals surface area (Å²) in [5.41, 5.74) is 1.23. The predicted molar refractivity (Wildman–Crippen MR) is 52.0 cm³/mol. The summed E-state index contributed by atoms with van der Waals surface area (Å²) in [6.07, 6.45) is 1.49. The third-order valence-electron chi connectivity index (χ3n) is 1.57. The molecule has 70 valence electrons. The molecule has 13 heavy (non-hydrogen) atoms. The Hall–Kier alpha value is -1.09. The number of aryl methyl sites for hydroxylation is 1. The van der Waals surface area contributed by atoms with E-state index in [2.05, 4.69) is 10.3 Å². The van der Waals surface area contributed by atoms with E-state index < -0.39 is 0 Å². The van der Waals surface area contributed by atoms with Crippen LogP contribution in [0.2, 0.25) is 5.02 Å². The third-order valence-corrected chi connectivity index (χ3v) is 1.88. The van der Waals surface area contributed by atoms with Crippen LogP contribution in [0.3, 0.4) is 0 Å². The molecule has 1 N–H and O–H groups in total. The van der Waals surface area contributed by atoms with Crippen LogP contribution in [0.25, 0.3) is 0 Å². The summed E-state index contributed by atoms with van der Waals surface area (Å²) in [5.74, 6) is -0.181. The minimum atomic E-state index is -0.181. The van der Waals surface area contributed by atoms with Gasteiger partial charge in [-0.2, -0.15) is 0 Å². The van der Waals surface area contributed by atoms with Crippen LogP contribution in [0.15, 0.2) is 12.3 Å². The number of amides is 1. The van der Waals surface area contributed by atoms with Crippen molar-refractivity contribution in [2.45, 2.75) is 13.8 Å². The highest BCUT2D eigenvalue weighted by Crippen LogP contribution is 2.15. The number of hydrogen-bond acceptors (Lipinski definition) is 2. The Kier molecular flexibility index (Phi) is 3.25. The van der Waals surface area contributed by atoms with E-state index in [-0.39, 0.29) is 5.91 Å². The monoisotopic (exact) mass is 198 g/mol. The van der Waals surface area contributed by atoms with Gasteiger partial charge < -0.3 is 5.32 Å². The van der Waals surface area contributed by atoms with E-state index in [1.807, 2.05) is 13.8 Å². The molecule has 0 atom stereocenters. The Balaban J connectivity index is 2.95. The number of rotatable bonds is 2. The van der Waals surface area contributed by atoms with Crippen molar-refractivity contribution in [1.29, 1.82) is 0 Å². The van der Waals surface area contributed by atoms with Gasteiger partial charge in [0.15, 0.2) is 0 Å². The van der Waals surface area contributed by atoms with Gasteiger partial charge in [0.25, 0.3) is 5.91 Å². The summed E-state index contributed by atoms with van der Waals surface area (Å²) in [6.45, 7) is 4.27. The van der Waals surface area contributed by atoms with Crippen LogP contribution >= 0.6 is 11.6 Å². The summed E-state index contributed by atoms with van der Waals surface area (Å²) in [5, 5.41) is 3.10. The number of hydrogen-bond donors (Lipinski definition) is 1. The zero-order valence-corrected chi connectivity index (χ0v) is 8.35. The van der Waals surface area contributed by atoms with Gasteiger partial charge in [0.05, 0.1) is 10.6 Å². The molecular formula is C9H11ClN2O. The summed E-state index contributed by atoms with van der Waals surface area (Å²) in [4.78, 5) is 15.3. The average Bonchev–Trinajstić information content (AvgIpc) is 2.04. The topological polar surface area (TPSA) is 42.0 Å². The molecule has 0 saturated carbocycles. The molecule has 1 rings (SSSR count). The van der Waals surface area contributed by atoms with Crippen molar-refractivity contribution in [3.63, 3.8) is 0 Å². The van der Waals surface area contributed by atoms with Crippen LogP contribution in [-0.4, -0.2) is 17.4 Å². The second kappa shape index (κ2) is 4.23. The molecule has 4 heteroatoms. The number of nitrogens with zero attached hydrogens (tertiary/aromatic N) is 1. The fourth-order valence-corrected chi connectivity index (χ4v) is 1.24. The molecular weight excluding hydrogens is 188 g/mol. The minimum absolute atomic E-state index is 0.181. The molecule has 1 heterocycles. The van der Waals surface area contributed by atoms with Crippen LogP contribution in [0.5, 0.6) is 0 Å². The molecule has 0 fully saturated rings. The van der Waals surface area contributed by atoms with Gasteiger partial charge in [-0.1, -0.05) is 11.6 Å². The maximum Gasteiger partial charge on any atom is 0.254 e. The van der Waals surface area contributed by atoms with Gasteiger partial charge in [-0.3, -0.25) is 9.78 Å². The first-order valence-corrected chi connectivity index (χ1v) is 4.43. The van der Waals surface area contributed by atoms with Gasteiger partial charge in [-0.05, 0) is 19.9 Å². The molecule has 0 aliphatic heterocycles. The predicted octanol–water partition coefficient (Wildman–Crippen LogP) is 1.79. The Labute approximate surface area is 82.1 Å². The van der Waals surface area contributed by atoms with Gasteiger partial charge in [0.1, 0.15) is 0 Å². The summed E-state index contributed by atoms with van der Waals surface area (Å²) >= 11 is 5.86. The Morgan fingerprint density at radius 2 is 2.38 bits per heavy atom. The lowest BCUT2D eigenvalue weighted by Gasteiger charge is -2.03. The smallest absolute Gasteiger partial charge is 0.254 e. The zero-order chi connectivity index (χ0) is 9.84. The molecule has 1 aromatic heterocycles. The summed E-state index contributed by atoms with van der Waals surface area (Å²) in [7, 11) is 0. The molecule has 1 amide bonds. The molecule has 0 radical (unpaired) electrons. The third kappa shape index (κ3) is 2.42. The summed E-state index contributed by atoms with van der Waals surface area (Å²) < 4.78 is 0. The maximum atomic E-state index is 11.3. The highest BCUT2D eigenvalue weighted by atomic mass is 35.5. The van der Waals surface area contributed by atoms with Gasteiger partial charge in [-0.25, -0.2) is 0 Å². The second-order valence-corrected chi connectivity index (χ2v) is 3.07. The van der Waals surface area contributed by atoms with E-state index in [9.17, 15) is 4.79 Å². The number of carbonyl (C=O) groups is 1. The van der Waals surface area contributed by atoms with Crippen molar-refractivity contribution in [3.05, 3.63) is 28.5 Å². The number of carbonyl (C=O) groups excluding carboxylic acids is 1. The molecule has 0 aromatic carbocycles. The Morgan fingerprint density at radius 3 is 2.92 bits per heavy atom. The first-order valence-electron chi connectivity index (χ1n) is 4.05. The number of pyridine rings is 1. The quantitative estimate of drug-likeness (QED) is 0.788. The van der Waals surface area contributed by atoms with Crippen LogP contribution in [0.4, 0.5) is 0 Å². The zero-order valence-electron chi connectivity index (χ0n) is 7.60. The molecule has 0 saturated heterocycles. The maximum absolute atomic E-state index is 11.3. The highest BCUT2D eigenvalue weighted by molar-refractivity contribution is 6.33. The van der Waals surface area contributed by atoms with Gasteiger partial charge in [0.2, 0.25) is 0 Å². The lowest BCUT2D eigenvalue weighted by molar-refractivity contribution is 0.0955. The summed E-state index contributed by atoms with van der Waals surface area (Å²) in [6, 6.07) is 1.67. The SMILES string of the molecule is CCNC(=O)c1cnc(C)cc1Cl. The first-order chi connectivity index (χ1) is 6.15. The van der Waals surface area contributed by atoms with Crippen LogP contribution in [-0.2, 0) is 0 Å². The van der Waals surface area contributed by atoms with Crippen molar-refractivity contribution >= 4 is 17.5 Å². The Bertz CT molecular complexity index is 325. The van der Waals surface area contributed by atoms with Crippen LogP contribution < -0.4 is 5.32 Å². The van der Waals surface area contributed by atoms with Crippen LogP contribution in [0, 0.1) is 6.92 Å². The van der Waals surface area contributed by atoms with Crippen molar-refractivity contribution in [2.24, 2.45) is 0 Å². The number of nitrogens with one attached hydrogen (secondary N) is 1. The van der Waals surface area contributed by atoms with E-state index in [0.717, 1.165) is 5.69 Å². The lowest BCUT2D eigenvalue weighted by Crippen LogP contribution is -2.23. The fourth-order valence-electron chi connectivity index (χ4n) is 0.949. The standard InChI is InChI=1S/C9H11ClN2O/c1-3-11-9(13)7-5-12-6(2)4-8(7)10/h4-5H,3H2,1-2H3,(H,11,13). The molecule has 0 unspecified atom stereocenters. The number of aromatic nitrogens is 1. The van der Waals surface area contributed by atoms with E-state index >= 15 is 0 Å². The minimum Gasteiger partial charge on any atom is -0.352 e. The van der Waals surface area contributed by atoms with Crippen molar-refractivity contribution in [2.75, 3.05) is 6.54 Å². The van der Waals surface area contributed by atoms with E-state index in [4.69, 9.17) is 11.6 Å². The largest absolute Gasteiger partial charge is 0.352 e. The molecule has 0 aliphatic carbocycles. The average molecular weight is 199 g/mol. The normalized spacial score (nSPS) is 9.77. The van der Waals surface area contributed by atoms with Crippen LogP contribution in [0.1, 0.15) is 23.0 Å². The molecule has 1 aromatic rings. The second-order valence-electron chi connectivity index (χ2n) is 2.66. The number of halogens is 1. The lowest BCUT2D eigenvalue weighted by atomic mass is 10.2. The van der Waals surface area contributed by atoms with Gasteiger partial charge in [-0.15, -0.1) is 0 Å². The van der Waals surface area contributed by atoms with Crippen molar-refractivity contribution < 1.29 is 4.79 Å². The van der Waals surface area contributed by atoms with E-state index in [1.54, 1.807) is 6.07 Å². The van der Waals surface area contributed by atoms with Gasteiger partial charge >= 0.3 is 0 Å². The Morgan fingerprint density at radius 1 is 1.69 bits per heavy atom. The van der Waals surface area contributed by atoms with Crippen molar-refractivity contribution in [3.8, 4) is 0 Å². The fraction of sp³-hybridized carbons (Fsp3) is 0.333. The highest BCUT2D eigenvalue weighted by Gasteiger charge is 2.09. The molecule has 0 spiro atoms.